The molecular formula is C24H30N2O3. The fraction of sp³-hybridized carbons (Fsp3) is 0.417. The molecule has 1 saturated heterocycles. The lowest BCUT2D eigenvalue weighted by Crippen LogP contribution is -2.36. The third kappa shape index (κ3) is 5.59. The first-order valence-electron chi connectivity index (χ1n) is 10.4. The van der Waals surface area contributed by atoms with Gasteiger partial charge in [0.15, 0.2) is 0 Å². The predicted molar refractivity (Wildman–Crippen MR) is 115 cm³/mol. The van der Waals surface area contributed by atoms with Crippen LogP contribution in [0, 0.1) is 12.8 Å². The summed E-state index contributed by atoms with van der Waals surface area (Å²) in [6.07, 6.45) is 2.83. The lowest BCUT2D eigenvalue weighted by molar-refractivity contribution is -0.147. The highest BCUT2D eigenvalue weighted by molar-refractivity contribution is 6.00. The highest BCUT2D eigenvalue weighted by atomic mass is 16.5. The van der Waals surface area contributed by atoms with Gasteiger partial charge in [0, 0.05) is 25.3 Å². The minimum atomic E-state index is -0.415. The maximum Gasteiger partial charge on any atom is 0.311 e. The Morgan fingerprint density at radius 2 is 1.83 bits per heavy atom. The van der Waals surface area contributed by atoms with Crippen molar-refractivity contribution in [3.05, 3.63) is 65.2 Å². The predicted octanol–water partition coefficient (Wildman–Crippen LogP) is 3.75. The lowest BCUT2D eigenvalue weighted by Gasteiger charge is -2.22. The van der Waals surface area contributed by atoms with Crippen LogP contribution in [0.25, 0.3) is 0 Å². The van der Waals surface area contributed by atoms with Gasteiger partial charge in [-0.25, -0.2) is 0 Å². The zero-order chi connectivity index (χ0) is 20.6. The molecule has 1 unspecified atom stereocenters. The van der Waals surface area contributed by atoms with E-state index in [9.17, 15) is 9.59 Å². The Kier molecular flexibility index (Phi) is 7.28. The van der Waals surface area contributed by atoms with Crippen LogP contribution in [0.15, 0.2) is 48.5 Å². The molecule has 5 nitrogen and oxygen atoms in total. The van der Waals surface area contributed by atoms with Gasteiger partial charge in [0.25, 0.3) is 5.91 Å². The van der Waals surface area contributed by atoms with Crippen LogP contribution in [-0.4, -0.2) is 38.1 Å². The van der Waals surface area contributed by atoms with Crippen LogP contribution in [0.5, 0.6) is 0 Å². The van der Waals surface area contributed by atoms with E-state index in [2.05, 4.69) is 10.2 Å². The van der Waals surface area contributed by atoms with Crippen molar-refractivity contribution >= 4 is 17.6 Å². The fourth-order valence-corrected chi connectivity index (χ4v) is 3.77. The first kappa shape index (κ1) is 20.9. The zero-order valence-corrected chi connectivity index (χ0v) is 17.3. The Morgan fingerprint density at radius 3 is 2.52 bits per heavy atom. The fourth-order valence-electron chi connectivity index (χ4n) is 3.77. The minimum Gasteiger partial charge on any atom is -0.466 e. The highest BCUT2D eigenvalue weighted by Gasteiger charge is 2.24. The highest BCUT2D eigenvalue weighted by Crippen LogP contribution is 2.26. The average Bonchev–Trinajstić information content (AvgIpc) is 3.26. The number of aryl methyl sites for hydroxylation is 1. The van der Waals surface area contributed by atoms with Gasteiger partial charge in [0.1, 0.15) is 0 Å². The standard InChI is InChI=1S/C24H30N2O3/c1-3-29-24(28)20(16-19-9-5-4-6-10-19)17-25-23(27)21-15-18(2)11-12-22(21)26-13-7-8-14-26/h4-6,9-12,15,20H,3,7-8,13-14,16-17H2,1-2H3,(H,25,27). The second-order valence-electron chi connectivity index (χ2n) is 7.56. The molecule has 2 aromatic rings. The molecule has 1 aliphatic heterocycles. The van der Waals surface area contributed by atoms with Crippen LogP contribution in [0.4, 0.5) is 5.69 Å². The second kappa shape index (κ2) is 10.1. The minimum absolute atomic E-state index is 0.141. The molecule has 3 rings (SSSR count). The van der Waals surface area contributed by atoms with Crippen molar-refractivity contribution in [2.24, 2.45) is 5.92 Å². The average molecular weight is 395 g/mol. The summed E-state index contributed by atoms with van der Waals surface area (Å²) in [7, 11) is 0. The van der Waals surface area contributed by atoms with E-state index in [0.29, 0.717) is 18.6 Å². The summed E-state index contributed by atoms with van der Waals surface area (Å²) in [6, 6.07) is 15.8. The number of nitrogens with zero attached hydrogens (tertiary/aromatic N) is 1. The SMILES string of the molecule is CCOC(=O)C(CNC(=O)c1cc(C)ccc1N1CCCC1)Cc1ccccc1. The molecule has 1 heterocycles. The number of anilines is 1. The summed E-state index contributed by atoms with van der Waals surface area (Å²) in [4.78, 5) is 27.7. The molecule has 0 aromatic heterocycles. The van der Waals surface area contributed by atoms with Crippen LogP contribution in [0.1, 0.15) is 41.3 Å². The number of benzene rings is 2. The first-order chi connectivity index (χ1) is 14.1. The number of hydrogen-bond acceptors (Lipinski definition) is 4. The molecule has 154 valence electrons. The molecule has 1 aliphatic rings. The molecule has 1 N–H and O–H groups in total. The van der Waals surface area contributed by atoms with Crippen LogP contribution in [-0.2, 0) is 16.0 Å². The Bertz CT molecular complexity index is 829. The number of carbonyl (C=O) groups excluding carboxylic acids is 2. The Morgan fingerprint density at radius 1 is 1.10 bits per heavy atom. The van der Waals surface area contributed by atoms with E-state index < -0.39 is 5.92 Å². The van der Waals surface area contributed by atoms with Gasteiger partial charge in [-0.1, -0.05) is 42.0 Å². The van der Waals surface area contributed by atoms with Gasteiger partial charge in [0.05, 0.1) is 18.1 Å². The number of esters is 1. The lowest BCUT2D eigenvalue weighted by atomic mass is 9.99. The van der Waals surface area contributed by atoms with Crippen molar-refractivity contribution in [3.8, 4) is 0 Å². The Labute approximate surface area is 173 Å². The van der Waals surface area contributed by atoms with E-state index in [0.717, 1.165) is 42.7 Å². The first-order valence-corrected chi connectivity index (χ1v) is 10.4. The largest absolute Gasteiger partial charge is 0.466 e. The van der Waals surface area contributed by atoms with Crippen molar-refractivity contribution in [3.63, 3.8) is 0 Å². The smallest absolute Gasteiger partial charge is 0.311 e. The maximum atomic E-state index is 13.0. The molecule has 0 aliphatic carbocycles. The molecule has 0 radical (unpaired) electrons. The summed E-state index contributed by atoms with van der Waals surface area (Å²) in [5.41, 5.74) is 3.74. The number of amides is 1. The third-order valence-corrected chi connectivity index (χ3v) is 5.30. The molecule has 0 bridgehead atoms. The summed E-state index contributed by atoms with van der Waals surface area (Å²) in [5, 5.41) is 2.98. The van der Waals surface area contributed by atoms with Crippen LogP contribution < -0.4 is 10.2 Å². The molecular weight excluding hydrogens is 364 g/mol. The molecule has 0 spiro atoms. The Hall–Kier alpha value is -2.82. The summed E-state index contributed by atoms with van der Waals surface area (Å²) >= 11 is 0. The Balaban J connectivity index is 1.72. The van der Waals surface area contributed by atoms with Crippen LogP contribution in [0.3, 0.4) is 0 Å². The second-order valence-corrected chi connectivity index (χ2v) is 7.56. The van der Waals surface area contributed by atoms with Gasteiger partial charge in [0.2, 0.25) is 0 Å². The van der Waals surface area contributed by atoms with Crippen molar-refractivity contribution in [1.82, 2.24) is 5.32 Å². The summed E-state index contributed by atoms with van der Waals surface area (Å²) in [6.45, 7) is 6.31. The van der Waals surface area contributed by atoms with Gasteiger partial charge in [-0.3, -0.25) is 9.59 Å². The van der Waals surface area contributed by atoms with E-state index >= 15 is 0 Å². The van der Waals surface area contributed by atoms with E-state index in [1.165, 1.54) is 0 Å². The van der Waals surface area contributed by atoms with E-state index in [1.807, 2.05) is 55.5 Å². The third-order valence-electron chi connectivity index (χ3n) is 5.30. The van der Waals surface area contributed by atoms with E-state index in [4.69, 9.17) is 4.74 Å². The number of nitrogens with one attached hydrogen (secondary N) is 1. The number of carbonyl (C=O) groups is 2. The molecule has 5 heteroatoms. The van der Waals surface area contributed by atoms with Crippen molar-refractivity contribution in [2.75, 3.05) is 31.1 Å². The summed E-state index contributed by atoms with van der Waals surface area (Å²) in [5.74, 6) is -0.833. The molecule has 2 aromatic carbocycles. The maximum absolute atomic E-state index is 13.0. The van der Waals surface area contributed by atoms with Crippen molar-refractivity contribution in [2.45, 2.75) is 33.1 Å². The molecule has 1 fully saturated rings. The molecule has 1 amide bonds. The number of hydrogen-bond donors (Lipinski definition) is 1. The van der Waals surface area contributed by atoms with Gasteiger partial charge in [-0.15, -0.1) is 0 Å². The van der Waals surface area contributed by atoms with Crippen LogP contribution in [0.2, 0.25) is 0 Å². The van der Waals surface area contributed by atoms with Crippen molar-refractivity contribution < 1.29 is 14.3 Å². The topological polar surface area (TPSA) is 58.6 Å². The van der Waals surface area contributed by atoms with Gasteiger partial charge in [-0.2, -0.15) is 0 Å². The number of rotatable bonds is 8. The monoisotopic (exact) mass is 394 g/mol. The molecule has 29 heavy (non-hydrogen) atoms. The zero-order valence-electron chi connectivity index (χ0n) is 17.3. The van der Waals surface area contributed by atoms with Crippen molar-refractivity contribution in [1.29, 1.82) is 0 Å². The normalized spacial score (nSPS) is 14.5. The summed E-state index contributed by atoms with van der Waals surface area (Å²) < 4.78 is 5.24. The van der Waals surface area contributed by atoms with Gasteiger partial charge < -0.3 is 15.0 Å². The van der Waals surface area contributed by atoms with E-state index in [1.54, 1.807) is 6.92 Å². The molecule has 0 saturated carbocycles. The van der Waals surface area contributed by atoms with E-state index in [-0.39, 0.29) is 18.4 Å². The molecule has 1 atom stereocenters. The number of ether oxygens (including phenoxy) is 1. The quantitative estimate of drug-likeness (QED) is 0.693. The van der Waals surface area contributed by atoms with Gasteiger partial charge >= 0.3 is 5.97 Å². The van der Waals surface area contributed by atoms with Crippen LogP contribution >= 0.6 is 0 Å². The van der Waals surface area contributed by atoms with Gasteiger partial charge in [-0.05, 0) is 50.8 Å².